The van der Waals surface area contributed by atoms with Crippen LogP contribution in [0.3, 0.4) is 0 Å². The normalized spacial score (nSPS) is 11.8. The van der Waals surface area contributed by atoms with E-state index in [9.17, 15) is 13.2 Å². The highest BCUT2D eigenvalue weighted by Gasteiger charge is 2.25. The summed E-state index contributed by atoms with van der Waals surface area (Å²) in [6.07, 6.45) is -1.63. The predicted molar refractivity (Wildman–Crippen MR) is 71.0 cm³/mol. The van der Waals surface area contributed by atoms with Gasteiger partial charge in [0.1, 0.15) is 5.52 Å². The van der Waals surface area contributed by atoms with Crippen LogP contribution in [0.4, 0.5) is 18.9 Å². The smallest absolute Gasteiger partial charge is 0.383 e. The molecule has 0 fully saturated rings. The number of rotatable bonds is 4. The zero-order valence-corrected chi connectivity index (χ0v) is 11.4. The van der Waals surface area contributed by atoms with Gasteiger partial charge in [0.05, 0.1) is 11.2 Å². The van der Waals surface area contributed by atoms with E-state index in [0.717, 1.165) is 4.47 Å². The van der Waals surface area contributed by atoms with Crippen LogP contribution in [-0.2, 0) is 0 Å². The van der Waals surface area contributed by atoms with Gasteiger partial charge >= 0.3 is 6.18 Å². The molecule has 102 valence electrons. The quantitative estimate of drug-likeness (QED) is 0.854. The first-order chi connectivity index (χ1) is 8.96. The second-order valence-corrected chi connectivity index (χ2v) is 4.94. The Labute approximate surface area is 116 Å². The zero-order valence-electron chi connectivity index (χ0n) is 9.84. The lowest BCUT2D eigenvalue weighted by Gasteiger charge is -2.10. The van der Waals surface area contributed by atoms with Crippen LogP contribution < -0.4 is 5.32 Å². The largest absolute Gasteiger partial charge is 0.389 e. The molecule has 2 heterocycles. The molecule has 0 bridgehead atoms. The third-order valence-corrected chi connectivity index (χ3v) is 2.93. The van der Waals surface area contributed by atoms with Crippen molar-refractivity contribution in [2.75, 3.05) is 11.9 Å². The van der Waals surface area contributed by atoms with Crippen molar-refractivity contribution in [3.8, 4) is 0 Å². The van der Waals surface area contributed by atoms with E-state index in [0.29, 0.717) is 16.7 Å². The lowest BCUT2D eigenvalue weighted by atomic mass is 10.2. The Morgan fingerprint density at radius 1 is 1.26 bits per heavy atom. The molecule has 0 amide bonds. The Morgan fingerprint density at radius 3 is 2.79 bits per heavy atom. The first-order valence-corrected chi connectivity index (χ1v) is 6.46. The molecular weight excluding hydrogens is 323 g/mol. The van der Waals surface area contributed by atoms with Gasteiger partial charge in [-0.05, 0) is 34.5 Å². The Morgan fingerprint density at radius 2 is 2.05 bits per heavy atom. The minimum Gasteiger partial charge on any atom is -0.383 e. The SMILES string of the molecule is FC(F)(F)CCCNc1ccnc2cc(Br)cnc12. The van der Waals surface area contributed by atoms with Gasteiger partial charge in [0, 0.05) is 29.8 Å². The van der Waals surface area contributed by atoms with Gasteiger partial charge in [-0.25, -0.2) is 0 Å². The summed E-state index contributed by atoms with van der Waals surface area (Å²) in [4.78, 5) is 8.37. The maximum atomic E-state index is 12.0. The first kappa shape index (κ1) is 14.0. The number of anilines is 1. The fraction of sp³-hybridized carbons (Fsp3) is 0.333. The van der Waals surface area contributed by atoms with Crippen LogP contribution in [0.25, 0.3) is 11.0 Å². The lowest BCUT2D eigenvalue weighted by Crippen LogP contribution is -2.11. The Hall–Kier alpha value is -1.37. The Balaban J connectivity index is 2.05. The molecular formula is C12H11BrF3N3. The molecule has 0 saturated carbocycles. The van der Waals surface area contributed by atoms with Crippen molar-refractivity contribution in [2.45, 2.75) is 19.0 Å². The molecule has 0 atom stereocenters. The molecule has 7 heteroatoms. The first-order valence-electron chi connectivity index (χ1n) is 5.66. The maximum Gasteiger partial charge on any atom is 0.389 e. The number of nitrogens with zero attached hydrogens (tertiary/aromatic N) is 2. The minimum absolute atomic E-state index is 0.0316. The molecule has 2 rings (SSSR count). The fourth-order valence-electron chi connectivity index (χ4n) is 1.66. The number of fused-ring (bicyclic) bond motifs is 1. The summed E-state index contributed by atoms with van der Waals surface area (Å²) in [5.74, 6) is 0. The van der Waals surface area contributed by atoms with E-state index >= 15 is 0 Å². The molecule has 0 unspecified atom stereocenters. The standard InChI is InChI=1S/C12H11BrF3N3/c13-8-6-10-11(19-7-8)9(2-5-18-10)17-4-1-3-12(14,15)16/h2,5-7H,1,3-4H2,(H,17,18). The number of hydrogen-bond donors (Lipinski definition) is 1. The molecule has 0 saturated heterocycles. The molecule has 0 radical (unpaired) electrons. The van der Waals surface area contributed by atoms with Gasteiger partial charge in [-0.2, -0.15) is 13.2 Å². The van der Waals surface area contributed by atoms with Crippen molar-refractivity contribution < 1.29 is 13.2 Å². The molecule has 2 aromatic rings. The monoisotopic (exact) mass is 333 g/mol. The van der Waals surface area contributed by atoms with Gasteiger partial charge in [-0.15, -0.1) is 0 Å². The van der Waals surface area contributed by atoms with Gasteiger partial charge in [0.15, 0.2) is 0 Å². The molecule has 0 aliphatic carbocycles. The summed E-state index contributed by atoms with van der Waals surface area (Å²) in [5, 5.41) is 2.96. The lowest BCUT2D eigenvalue weighted by molar-refractivity contribution is -0.134. The molecule has 1 N–H and O–H groups in total. The number of halogens is 4. The Kier molecular flexibility index (Phi) is 4.24. The molecule has 0 spiro atoms. The number of pyridine rings is 2. The second-order valence-electron chi connectivity index (χ2n) is 4.03. The van der Waals surface area contributed by atoms with Crippen molar-refractivity contribution in [2.24, 2.45) is 0 Å². The highest BCUT2D eigenvalue weighted by Crippen LogP contribution is 2.23. The molecule has 3 nitrogen and oxygen atoms in total. The Bertz CT molecular complexity index is 572. The summed E-state index contributed by atoms with van der Waals surface area (Å²) in [7, 11) is 0. The van der Waals surface area contributed by atoms with Crippen LogP contribution in [0.5, 0.6) is 0 Å². The molecule has 0 aliphatic heterocycles. The summed E-state index contributed by atoms with van der Waals surface area (Å²) >= 11 is 3.29. The summed E-state index contributed by atoms with van der Waals surface area (Å²) < 4.78 is 36.9. The summed E-state index contributed by atoms with van der Waals surface area (Å²) in [6.45, 7) is 0.246. The minimum atomic E-state index is -4.11. The van der Waals surface area contributed by atoms with E-state index in [1.54, 1.807) is 18.5 Å². The van der Waals surface area contributed by atoms with Crippen LogP contribution in [0, 0.1) is 0 Å². The molecule has 2 aromatic heterocycles. The average molecular weight is 334 g/mol. The topological polar surface area (TPSA) is 37.8 Å². The summed E-state index contributed by atoms with van der Waals surface area (Å²) in [5.41, 5.74) is 2.03. The van der Waals surface area contributed by atoms with E-state index in [1.165, 1.54) is 0 Å². The fourth-order valence-corrected chi connectivity index (χ4v) is 1.98. The van der Waals surface area contributed by atoms with Crippen molar-refractivity contribution in [3.05, 3.63) is 29.0 Å². The van der Waals surface area contributed by atoms with Gasteiger partial charge in [-0.3, -0.25) is 9.97 Å². The van der Waals surface area contributed by atoms with Gasteiger partial charge in [0.2, 0.25) is 0 Å². The van der Waals surface area contributed by atoms with Crippen LogP contribution in [0.1, 0.15) is 12.8 Å². The van der Waals surface area contributed by atoms with Crippen LogP contribution in [0.15, 0.2) is 29.0 Å². The molecule has 0 aromatic carbocycles. The van der Waals surface area contributed by atoms with E-state index < -0.39 is 12.6 Å². The second kappa shape index (κ2) is 5.73. The number of nitrogens with one attached hydrogen (secondary N) is 1. The van der Waals surface area contributed by atoms with Crippen molar-refractivity contribution in [1.82, 2.24) is 9.97 Å². The van der Waals surface area contributed by atoms with Crippen molar-refractivity contribution in [3.63, 3.8) is 0 Å². The van der Waals surface area contributed by atoms with Crippen LogP contribution in [-0.4, -0.2) is 22.7 Å². The zero-order chi connectivity index (χ0) is 13.9. The van der Waals surface area contributed by atoms with E-state index in [2.05, 4.69) is 31.2 Å². The van der Waals surface area contributed by atoms with Crippen LogP contribution >= 0.6 is 15.9 Å². The third-order valence-electron chi connectivity index (χ3n) is 2.50. The van der Waals surface area contributed by atoms with Crippen molar-refractivity contribution >= 4 is 32.7 Å². The van der Waals surface area contributed by atoms with Gasteiger partial charge in [-0.1, -0.05) is 0 Å². The maximum absolute atomic E-state index is 12.0. The van der Waals surface area contributed by atoms with E-state index in [1.807, 2.05) is 6.07 Å². The predicted octanol–water partition coefficient (Wildman–Crippen LogP) is 4.15. The van der Waals surface area contributed by atoms with Gasteiger partial charge < -0.3 is 5.32 Å². The van der Waals surface area contributed by atoms with E-state index in [-0.39, 0.29) is 13.0 Å². The van der Waals surface area contributed by atoms with Gasteiger partial charge in [0.25, 0.3) is 0 Å². The summed E-state index contributed by atoms with van der Waals surface area (Å²) in [6, 6.07) is 3.51. The molecule has 0 aliphatic rings. The molecule has 19 heavy (non-hydrogen) atoms. The highest BCUT2D eigenvalue weighted by molar-refractivity contribution is 9.10. The number of alkyl halides is 3. The third kappa shape index (κ3) is 4.05. The van der Waals surface area contributed by atoms with Crippen LogP contribution in [0.2, 0.25) is 0 Å². The van der Waals surface area contributed by atoms with E-state index in [4.69, 9.17) is 0 Å². The average Bonchev–Trinajstić information content (AvgIpc) is 2.33. The van der Waals surface area contributed by atoms with Crippen molar-refractivity contribution in [1.29, 1.82) is 0 Å². The number of hydrogen-bond acceptors (Lipinski definition) is 3. The highest BCUT2D eigenvalue weighted by atomic mass is 79.9. The number of aromatic nitrogens is 2.